The second-order valence-corrected chi connectivity index (χ2v) is 3.71. The molecule has 5 nitrogen and oxygen atoms in total. The van der Waals surface area contributed by atoms with Gasteiger partial charge in [0, 0.05) is 52.2 Å². The Hall–Kier alpha value is -0.670. The van der Waals surface area contributed by atoms with Crippen LogP contribution in [0.2, 0.25) is 0 Å². The largest absolute Gasteiger partial charge is 0.318 e. The summed E-state index contributed by atoms with van der Waals surface area (Å²) in [4.78, 5) is 2.41. The van der Waals surface area contributed by atoms with Gasteiger partial charge in [0.1, 0.15) is 0 Å². The van der Waals surface area contributed by atoms with Crippen LogP contribution in [0.25, 0.3) is 0 Å². The minimum Gasteiger partial charge on any atom is -0.318 e. The molecular formula is C11H25N5. The molecule has 0 aromatic carbocycles. The molecule has 0 atom stereocenters. The van der Waals surface area contributed by atoms with Crippen LogP contribution in [0.5, 0.6) is 0 Å². The van der Waals surface area contributed by atoms with E-state index in [9.17, 15) is 0 Å². The fourth-order valence-electron chi connectivity index (χ4n) is 1.38. The summed E-state index contributed by atoms with van der Waals surface area (Å²) < 4.78 is 0. The summed E-state index contributed by atoms with van der Waals surface area (Å²) in [5.41, 5.74) is 0. The Morgan fingerprint density at radius 2 is 1.50 bits per heavy atom. The maximum atomic E-state index is 8.39. The van der Waals surface area contributed by atoms with Crippen molar-refractivity contribution in [2.24, 2.45) is 0 Å². The lowest BCUT2D eigenvalue weighted by Gasteiger charge is -2.22. The van der Waals surface area contributed by atoms with Crippen LogP contribution < -0.4 is 16.0 Å². The molecule has 0 rings (SSSR count). The highest BCUT2D eigenvalue weighted by molar-refractivity contribution is 4.70. The van der Waals surface area contributed by atoms with Gasteiger partial charge in [-0.3, -0.25) is 4.90 Å². The number of nitrogens with one attached hydrogen (secondary N) is 3. The summed E-state index contributed by atoms with van der Waals surface area (Å²) in [7, 11) is 3.95. The number of likely N-dealkylation sites (N-methyl/N-ethyl adjacent to an activating group) is 2. The average molecular weight is 227 g/mol. The van der Waals surface area contributed by atoms with E-state index in [0.29, 0.717) is 6.42 Å². The van der Waals surface area contributed by atoms with Gasteiger partial charge in [-0.2, -0.15) is 5.26 Å². The average Bonchev–Trinajstić information content (AvgIpc) is 2.31. The van der Waals surface area contributed by atoms with Crippen LogP contribution in [0, 0.1) is 11.3 Å². The third-order valence-corrected chi connectivity index (χ3v) is 2.37. The van der Waals surface area contributed by atoms with E-state index in [1.807, 2.05) is 14.1 Å². The van der Waals surface area contributed by atoms with Gasteiger partial charge in [0.15, 0.2) is 0 Å². The highest BCUT2D eigenvalue weighted by Gasteiger charge is 2.02. The van der Waals surface area contributed by atoms with Gasteiger partial charge in [-0.05, 0) is 14.1 Å². The van der Waals surface area contributed by atoms with E-state index in [-0.39, 0.29) is 0 Å². The van der Waals surface area contributed by atoms with E-state index < -0.39 is 0 Å². The van der Waals surface area contributed by atoms with E-state index in [1.54, 1.807) is 0 Å². The molecule has 3 N–H and O–H groups in total. The molecule has 0 aromatic rings. The molecule has 0 aliphatic carbocycles. The van der Waals surface area contributed by atoms with E-state index in [4.69, 9.17) is 5.26 Å². The van der Waals surface area contributed by atoms with E-state index in [0.717, 1.165) is 45.8 Å². The van der Waals surface area contributed by atoms with Crippen LogP contribution in [0.1, 0.15) is 6.42 Å². The summed E-state index contributed by atoms with van der Waals surface area (Å²) in [6.07, 6.45) is 0.590. The van der Waals surface area contributed by atoms with Crippen LogP contribution >= 0.6 is 0 Å². The molecule has 94 valence electrons. The Kier molecular flexibility index (Phi) is 11.9. The lowest BCUT2D eigenvalue weighted by atomic mass is 10.4. The minimum absolute atomic E-state index is 0.590. The Labute approximate surface area is 99.2 Å². The smallest absolute Gasteiger partial charge is 0.0635 e. The molecule has 0 aromatic heterocycles. The molecule has 0 bridgehead atoms. The molecule has 0 aliphatic heterocycles. The number of hydrogen-bond donors (Lipinski definition) is 3. The van der Waals surface area contributed by atoms with E-state index >= 15 is 0 Å². The fourth-order valence-corrected chi connectivity index (χ4v) is 1.38. The maximum Gasteiger partial charge on any atom is 0.0635 e. The zero-order chi connectivity index (χ0) is 12.1. The fraction of sp³-hybridized carbons (Fsp3) is 0.909. The molecule has 0 aliphatic rings. The normalized spacial score (nSPS) is 10.6. The van der Waals surface area contributed by atoms with Gasteiger partial charge in [0.2, 0.25) is 0 Å². The monoisotopic (exact) mass is 227 g/mol. The van der Waals surface area contributed by atoms with Crippen molar-refractivity contribution in [3.05, 3.63) is 0 Å². The van der Waals surface area contributed by atoms with Crippen molar-refractivity contribution >= 4 is 0 Å². The first-order valence-electron chi connectivity index (χ1n) is 5.94. The Morgan fingerprint density at radius 1 is 0.938 bits per heavy atom. The Balaban J connectivity index is 3.52. The molecule has 16 heavy (non-hydrogen) atoms. The number of rotatable bonds is 11. The molecule has 0 spiro atoms. The maximum absolute atomic E-state index is 8.39. The molecule has 5 heteroatoms. The van der Waals surface area contributed by atoms with Crippen molar-refractivity contribution in [1.29, 1.82) is 5.26 Å². The lowest BCUT2D eigenvalue weighted by molar-refractivity contribution is 0.277. The van der Waals surface area contributed by atoms with E-state index in [1.165, 1.54) is 0 Å². The van der Waals surface area contributed by atoms with Crippen molar-refractivity contribution in [3.8, 4) is 6.07 Å². The number of nitrogens with zero attached hydrogens (tertiary/aromatic N) is 2. The number of nitriles is 1. The van der Waals surface area contributed by atoms with Crippen molar-refractivity contribution < 1.29 is 0 Å². The van der Waals surface area contributed by atoms with Crippen LogP contribution in [0.4, 0.5) is 0 Å². The predicted molar refractivity (Wildman–Crippen MR) is 67.4 cm³/mol. The summed E-state index contributed by atoms with van der Waals surface area (Å²) in [6.45, 7) is 6.95. The van der Waals surface area contributed by atoms with Gasteiger partial charge < -0.3 is 16.0 Å². The third-order valence-electron chi connectivity index (χ3n) is 2.37. The van der Waals surface area contributed by atoms with Gasteiger partial charge in [-0.25, -0.2) is 0 Å². The van der Waals surface area contributed by atoms with Gasteiger partial charge in [0.05, 0.1) is 6.07 Å². The molecule has 0 amide bonds. The van der Waals surface area contributed by atoms with Crippen LogP contribution in [0.3, 0.4) is 0 Å². The van der Waals surface area contributed by atoms with E-state index in [2.05, 4.69) is 26.9 Å². The van der Waals surface area contributed by atoms with Crippen LogP contribution in [0.15, 0.2) is 0 Å². The molecule has 0 saturated heterocycles. The second kappa shape index (κ2) is 12.4. The summed E-state index contributed by atoms with van der Waals surface area (Å²) in [5, 5.41) is 18.0. The highest BCUT2D eigenvalue weighted by Crippen LogP contribution is 1.85. The van der Waals surface area contributed by atoms with Gasteiger partial charge >= 0.3 is 0 Å². The zero-order valence-electron chi connectivity index (χ0n) is 10.6. The first-order chi connectivity index (χ1) is 7.85. The van der Waals surface area contributed by atoms with Crippen molar-refractivity contribution in [2.45, 2.75) is 6.42 Å². The molecule has 0 radical (unpaired) electrons. The predicted octanol–water partition coefficient (Wildman–Crippen LogP) is -0.770. The van der Waals surface area contributed by atoms with Crippen LogP contribution in [-0.2, 0) is 0 Å². The molecular weight excluding hydrogens is 202 g/mol. The van der Waals surface area contributed by atoms with Crippen molar-refractivity contribution in [3.63, 3.8) is 0 Å². The summed E-state index contributed by atoms with van der Waals surface area (Å²) >= 11 is 0. The van der Waals surface area contributed by atoms with Gasteiger partial charge in [-0.15, -0.1) is 0 Å². The lowest BCUT2D eigenvalue weighted by Crippen LogP contribution is -2.39. The highest BCUT2D eigenvalue weighted by atomic mass is 15.2. The summed E-state index contributed by atoms with van der Waals surface area (Å²) in [6, 6.07) is 2.13. The molecule has 0 heterocycles. The topological polar surface area (TPSA) is 63.1 Å². The molecule has 0 unspecified atom stereocenters. The zero-order valence-corrected chi connectivity index (χ0v) is 10.6. The van der Waals surface area contributed by atoms with Crippen LogP contribution in [-0.4, -0.2) is 64.8 Å². The quantitative estimate of drug-likeness (QED) is 0.405. The first kappa shape index (κ1) is 15.3. The van der Waals surface area contributed by atoms with Gasteiger partial charge in [-0.1, -0.05) is 0 Å². The summed E-state index contributed by atoms with van der Waals surface area (Å²) in [5.74, 6) is 0. The molecule has 0 saturated carbocycles. The standard InChI is InChI=1S/C11H25N5/c1-13-6-9-16(10-7-14-2)11-8-15-5-3-4-12/h13-15H,3,5-11H2,1-2H3. The third kappa shape index (κ3) is 9.87. The van der Waals surface area contributed by atoms with Crippen molar-refractivity contribution in [1.82, 2.24) is 20.9 Å². The second-order valence-electron chi connectivity index (χ2n) is 3.71. The van der Waals surface area contributed by atoms with Gasteiger partial charge in [0.25, 0.3) is 0 Å². The Bertz CT molecular complexity index is 170. The Morgan fingerprint density at radius 3 is 2.00 bits per heavy atom. The number of hydrogen-bond acceptors (Lipinski definition) is 5. The first-order valence-corrected chi connectivity index (χ1v) is 5.94. The minimum atomic E-state index is 0.590. The molecule has 0 fully saturated rings. The van der Waals surface area contributed by atoms with Crippen molar-refractivity contribution in [2.75, 3.05) is 59.9 Å². The SMILES string of the molecule is CNCCN(CCNC)CCNCCC#N.